The van der Waals surface area contributed by atoms with E-state index in [-0.39, 0.29) is 17.3 Å². The summed E-state index contributed by atoms with van der Waals surface area (Å²) in [6.07, 6.45) is 3.74. The molecular weight excluding hydrogens is 332 g/mol. The van der Waals surface area contributed by atoms with Crippen molar-refractivity contribution in [1.82, 2.24) is 0 Å². The fourth-order valence-corrected chi connectivity index (χ4v) is 3.69. The van der Waals surface area contributed by atoms with E-state index < -0.39 is 5.41 Å². The Bertz CT molecular complexity index is 639. The van der Waals surface area contributed by atoms with Gasteiger partial charge in [-0.15, -0.1) is 0 Å². The molecule has 0 N–H and O–H groups in total. The third kappa shape index (κ3) is 4.51. The Morgan fingerprint density at radius 2 is 1.58 bits per heavy atom. The summed E-state index contributed by atoms with van der Waals surface area (Å²) in [4.78, 5) is 36.5. The Kier molecular flexibility index (Phi) is 6.95. The van der Waals surface area contributed by atoms with Crippen molar-refractivity contribution < 1.29 is 23.9 Å². The zero-order valence-corrected chi connectivity index (χ0v) is 15.9. The number of methoxy groups -OCH3 is 2. The molecule has 5 nitrogen and oxygen atoms in total. The summed E-state index contributed by atoms with van der Waals surface area (Å²) in [6, 6.07) is 5.69. The molecule has 1 fully saturated rings. The van der Waals surface area contributed by atoms with E-state index in [9.17, 15) is 14.4 Å². The fraction of sp³-hybridized carbons (Fsp3) is 0.571. The number of hydrogen-bond donors (Lipinski definition) is 0. The smallest absolute Gasteiger partial charge is 0.146 e. The summed E-state index contributed by atoms with van der Waals surface area (Å²) in [5, 5.41) is 0. The molecule has 0 heterocycles. The van der Waals surface area contributed by atoms with E-state index in [2.05, 4.69) is 0 Å². The average Bonchev–Trinajstić information content (AvgIpc) is 2.94. The first kappa shape index (κ1) is 20.1. The molecule has 1 aromatic rings. The Morgan fingerprint density at radius 3 is 2.08 bits per heavy atom. The van der Waals surface area contributed by atoms with Gasteiger partial charge in [0.05, 0.1) is 19.6 Å². The quantitative estimate of drug-likeness (QED) is 0.595. The van der Waals surface area contributed by atoms with Crippen LogP contribution in [0.5, 0.6) is 11.5 Å². The van der Waals surface area contributed by atoms with Gasteiger partial charge in [-0.1, -0.05) is 6.92 Å². The van der Waals surface area contributed by atoms with Crippen molar-refractivity contribution in [3.05, 3.63) is 23.8 Å². The van der Waals surface area contributed by atoms with Crippen LogP contribution in [0.1, 0.15) is 57.4 Å². The molecule has 1 saturated carbocycles. The highest BCUT2D eigenvalue weighted by Gasteiger charge is 2.47. The average molecular weight is 360 g/mol. The maximum absolute atomic E-state index is 12.2. The lowest BCUT2D eigenvalue weighted by Gasteiger charge is -2.23. The zero-order valence-electron chi connectivity index (χ0n) is 15.9. The van der Waals surface area contributed by atoms with Crippen LogP contribution in [0, 0.1) is 5.41 Å². The molecular formula is C21H28O5. The topological polar surface area (TPSA) is 69.7 Å². The van der Waals surface area contributed by atoms with Crippen molar-refractivity contribution in [2.45, 2.75) is 58.3 Å². The summed E-state index contributed by atoms with van der Waals surface area (Å²) in [6.45, 7) is 1.86. The lowest BCUT2D eigenvalue weighted by atomic mass is 9.77. The molecule has 0 saturated heterocycles. The minimum absolute atomic E-state index is 0.0151. The number of carbonyl (C=O) groups is 3. The number of ketones is 3. The van der Waals surface area contributed by atoms with Gasteiger partial charge in [-0.2, -0.15) is 0 Å². The third-order valence-corrected chi connectivity index (χ3v) is 5.41. The van der Waals surface area contributed by atoms with Gasteiger partial charge >= 0.3 is 0 Å². The summed E-state index contributed by atoms with van der Waals surface area (Å²) in [7, 11) is 3.22. The van der Waals surface area contributed by atoms with E-state index in [4.69, 9.17) is 9.47 Å². The standard InChI is InChI=1S/C21H28O5/c1-4-21(19(23)8-9-20(21)24)11-10-16(22)7-5-6-15-12-17(25-2)14-18(13-15)26-3/h12-14H,4-11H2,1-3H3. The van der Waals surface area contributed by atoms with Crippen LogP contribution in [-0.4, -0.2) is 31.6 Å². The molecule has 1 aromatic carbocycles. The van der Waals surface area contributed by atoms with Crippen LogP contribution >= 0.6 is 0 Å². The van der Waals surface area contributed by atoms with Crippen molar-refractivity contribution in [1.29, 1.82) is 0 Å². The van der Waals surface area contributed by atoms with Gasteiger partial charge in [0.15, 0.2) is 0 Å². The Morgan fingerprint density at radius 1 is 1.00 bits per heavy atom. The normalized spacial score (nSPS) is 16.0. The number of rotatable bonds is 10. The Balaban J connectivity index is 1.84. The summed E-state index contributed by atoms with van der Waals surface area (Å²) < 4.78 is 10.5. The molecule has 0 radical (unpaired) electrons. The molecule has 0 amide bonds. The summed E-state index contributed by atoms with van der Waals surface area (Å²) in [5.74, 6) is 1.60. The molecule has 5 heteroatoms. The maximum atomic E-state index is 12.2. The van der Waals surface area contributed by atoms with E-state index in [0.29, 0.717) is 38.5 Å². The highest BCUT2D eigenvalue weighted by Crippen LogP contribution is 2.39. The van der Waals surface area contributed by atoms with E-state index in [1.165, 1.54) is 0 Å². The van der Waals surface area contributed by atoms with Crippen LogP contribution in [-0.2, 0) is 20.8 Å². The summed E-state index contributed by atoms with van der Waals surface area (Å²) >= 11 is 0. The molecule has 0 aromatic heterocycles. The van der Waals surface area contributed by atoms with Crippen LogP contribution < -0.4 is 9.47 Å². The first-order chi connectivity index (χ1) is 12.4. The van der Waals surface area contributed by atoms with Crippen molar-refractivity contribution >= 4 is 17.3 Å². The van der Waals surface area contributed by atoms with Crippen molar-refractivity contribution in [2.75, 3.05) is 14.2 Å². The van der Waals surface area contributed by atoms with E-state index in [1.54, 1.807) is 14.2 Å². The van der Waals surface area contributed by atoms with Crippen LogP contribution in [0.3, 0.4) is 0 Å². The number of ether oxygens (including phenoxy) is 2. The van der Waals surface area contributed by atoms with Gasteiger partial charge in [0, 0.05) is 31.7 Å². The van der Waals surface area contributed by atoms with Crippen LogP contribution in [0.2, 0.25) is 0 Å². The van der Waals surface area contributed by atoms with Crippen LogP contribution in [0.15, 0.2) is 18.2 Å². The first-order valence-corrected chi connectivity index (χ1v) is 9.25. The van der Waals surface area contributed by atoms with Gasteiger partial charge < -0.3 is 9.47 Å². The minimum Gasteiger partial charge on any atom is -0.497 e. The lowest BCUT2D eigenvalue weighted by Crippen LogP contribution is -2.32. The van der Waals surface area contributed by atoms with E-state index >= 15 is 0 Å². The number of hydrogen-bond acceptors (Lipinski definition) is 5. The van der Waals surface area contributed by atoms with Crippen molar-refractivity contribution in [3.8, 4) is 11.5 Å². The number of aryl methyl sites for hydroxylation is 1. The van der Waals surface area contributed by atoms with Gasteiger partial charge in [0.25, 0.3) is 0 Å². The predicted molar refractivity (Wildman–Crippen MR) is 98.7 cm³/mol. The highest BCUT2D eigenvalue weighted by atomic mass is 16.5. The molecule has 142 valence electrons. The van der Waals surface area contributed by atoms with Gasteiger partial charge in [-0.05, 0) is 43.4 Å². The van der Waals surface area contributed by atoms with E-state index in [1.807, 2.05) is 25.1 Å². The maximum Gasteiger partial charge on any atom is 0.146 e. The second-order valence-corrected chi connectivity index (χ2v) is 6.90. The fourth-order valence-electron chi connectivity index (χ4n) is 3.69. The minimum atomic E-state index is -0.893. The molecule has 1 aliphatic carbocycles. The number of Topliss-reactive ketones (excluding diaryl/α,β-unsaturated/α-hetero) is 3. The number of benzene rings is 1. The molecule has 0 unspecified atom stereocenters. The van der Waals surface area contributed by atoms with Crippen LogP contribution in [0.25, 0.3) is 0 Å². The Hall–Kier alpha value is -2.17. The van der Waals surface area contributed by atoms with Gasteiger partial charge in [0.1, 0.15) is 28.8 Å². The Labute approximate surface area is 155 Å². The second kappa shape index (κ2) is 8.97. The largest absolute Gasteiger partial charge is 0.497 e. The van der Waals surface area contributed by atoms with Crippen molar-refractivity contribution in [3.63, 3.8) is 0 Å². The summed E-state index contributed by atoms with van der Waals surface area (Å²) in [5.41, 5.74) is 0.163. The second-order valence-electron chi connectivity index (χ2n) is 6.90. The van der Waals surface area contributed by atoms with Crippen molar-refractivity contribution in [2.24, 2.45) is 5.41 Å². The van der Waals surface area contributed by atoms with Gasteiger partial charge in [0.2, 0.25) is 0 Å². The van der Waals surface area contributed by atoms with Gasteiger partial charge in [-0.25, -0.2) is 0 Å². The van der Waals surface area contributed by atoms with Crippen LogP contribution in [0.4, 0.5) is 0 Å². The van der Waals surface area contributed by atoms with E-state index in [0.717, 1.165) is 29.9 Å². The molecule has 1 aliphatic rings. The molecule has 2 rings (SSSR count). The molecule has 26 heavy (non-hydrogen) atoms. The lowest BCUT2D eigenvalue weighted by molar-refractivity contribution is -0.136. The zero-order chi connectivity index (χ0) is 19.2. The molecule has 0 spiro atoms. The van der Waals surface area contributed by atoms with Gasteiger partial charge in [-0.3, -0.25) is 14.4 Å². The monoisotopic (exact) mass is 360 g/mol. The predicted octanol–water partition coefficient (Wildman–Crippen LogP) is 3.70. The molecule has 0 bridgehead atoms. The highest BCUT2D eigenvalue weighted by molar-refractivity contribution is 6.13. The third-order valence-electron chi connectivity index (χ3n) is 5.41. The number of carbonyl (C=O) groups excluding carboxylic acids is 3. The molecule has 0 atom stereocenters. The first-order valence-electron chi connectivity index (χ1n) is 9.25. The molecule has 0 aliphatic heterocycles. The SMILES string of the molecule is CCC1(CCC(=O)CCCc2cc(OC)cc(OC)c2)C(=O)CCC1=O.